The topological polar surface area (TPSA) is 87.0 Å². The van der Waals surface area contributed by atoms with Gasteiger partial charge in [0.2, 0.25) is 0 Å². The average molecular weight is 479 g/mol. The van der Waals surface area contributed by atoms with Crippen LogP contribution in [0.25, 0.3) is 0 Å². The fraction of sp³-hybridized carbons (Fsp3) is 0.966. The summed E-state index contributed by atoms with van der Waals surface area (Å²) in [5, 5.41) is 31.2. The van der Waals surface area contributed by atoms with E-state index in [9.17, 15) is 15.0 Å². The third-order valence-electron chi connectivity index (χ3n) is 11.5. The summed E-state index contributed by atoms with van der Waals surface area (Å²) in [6.45, 7) is 10.1. The first-order chi connectivity index (χ1) is 16.2. The van der Waals surface area contributed by atoms with E-state index in [-0.39, 0.29) is 35.6 Å². The average Bonchev–Trinajstić information content (AvgIpc) is 3.16. The number of aliphatic hydroxyl groups is 3. The summed E-state index contributed by atoms with van der Waals surface area (Å²) < 4.78 is 5.45. The van der Waals surface area contributed by atoms with E-state index >= 15 is 0 Å². The smallest absolute Gasteiger partial charge is 0.305 e. The second-order valence-electron chi connectivity index (χ2n) is 12.9. The third-order valence-corrected chi connectivity index (χ3v) is 11.5. The maximum atomic E-state index is 11.8. The van der Waals surface area contributed by atoms with Gasteiger partial charge in [-0.3, -0.25) is 4.79 Å². The fourth-order valence-electron chi connectivity index (χ4n) is 9.79. The molecule has 4 saturated carbocycles. The van der Waals surface area contributed by atoms with Gasteiger partial charge in [-0.2, -0.15) is 0 Å². The zero-order chi connectivity index (χ0) is 24.7. The largest absolute Gasteiger partial charge is 0.466 e. The Morgan fingerprint density at radius 2 is 1.74 bits per heavy atom. The lowest BCUT2D eigenvalue weighted by atomic mass is 9.41. The third kappa shape index (κ3) is 4.47. The van der Waals surface area contributed by atoms with Gasteiger partial charge in [-0.05, 0) is 110 Å². The van der Waals surface area contributed by atoms with E-state index in [0.717, 1.165) is 32.1 Å². The Balaban J connectivity index is 1.47. The molecule has 0 aromatic rings. The molecule has 0 spiro atoms. The molecule has 4 fully saturated rings. The Morgan fingerprint density at radius 1 is 1.03 bits per heavy atom. The van der Waals surface area contributed by atoms with Gasteiger partial charge in [0, 0.05) is 13.0 Å². The van der Waals surface area contributed by atoms with Crippen molar-refractivity contribution in [3.8, 4) is 0 Å². The van der Waals surface area contributed by atoms with Crippen LogP contribution in [-0.4, -0.2) is 46.7 Å². The van der Waals surface area contributed by atoms with Gasteiger partial charge in [-0.15, -0.1) is 0 Å². The van der Waals surface area contributed by atoms with Gasteiger partial charge in [0.15, 0.2) is 0 Å². The molecule has 5 nitrogen and oxygen atoms in total. The van der Waals surface area contributed by atoms with Gasteiger partial charge in [-0.25, -0.2) is 0 Å². The highest BCUT2D eigenvalue weighted by molar-refractivity contribution is 5.69. The number of carbonyl (C=O) groups excluding carboxylic acids is 1. The second-order valence-corrected chi connectivity index (χ2v) is 12.9. The second kappa shape index (κ2) is 10.4. The molecule has 4 aliphatic rings. The summed E-state index contributed by atoms with van der Waals surface area (Å²) in [5.74, 6) is 3.18. The lowest BCUT2D eigenvalue weighted by Gasteiger charge is -2.64. The van der Waals surface area contributed by atoms with Crippen molar-refractivity contribution in [1.29, 1.82) is 0 Å². The summed E-state index contributed by atoms with van der Waals surface area (Å²) in [5.41, 5.74) is 0.496. The summed E-state index contributed by atoms with van der Waals surface area (Å²) in [7, 11) is 0. The van der Waals surface area contributed by atoms with Crippen molar-refractivity contribution in [3.05, 3.63) is 0 Å². The summed E-state index contributed by atoms with van der Waals surface area (Å²) in [6.07, 6.45) is 9.97. The van der Waals surface area contributed by atoms with Crippen LogP contribution in [0, 0.1) is 52.3 Å². The van der Waals surface area contributed by atoms with Crippen molar-refractivity contribution in [1.82, 2.24) is 0 Å². The van der Waals surface area contributed by atoms with Gasteiger partial charge in [0.1, 0.15) is 0 Å². The van der Waals surface area contributed by atoms with Crippen LogP contribution in [-0.2, 0) is 9.53 Å². The highest BCUT2D eigenvalue weighted by Gasteiger charge is 2.64. The number of fused-ring (bicyclic) bond motifs is 5. The standard InChI is InChI=1S/C29H50O5/c1-5-20-24-17-19(31)10-13-29(24,4)23-11-14-28(3)21(8-9-22(28)26(23)27(20)33)18(2)12-16-34-25(32)7-6-15-30/h18-24,26-27,30-31,33H,5-17H2,1-4H3/t18-,19-,20-,21-,22+,23+,24+,26+,27-,28-,29-/m1/s1. The Morgan fingerprint density at radius 3 is 2.44 bits per heavy atom. The first kappa shape index (κ1) is 26.4. The molecular formula is C29H50O5. The summed E-state index contributed by atoms with van der Waals surface area (Å²) in [6, 6.07) is 0. The summed E-state index contributed by atoms with van der Waals surface area (Å²) in [4.78, 5) is 11.8. The molecule has 0 heterocycles. The molecule has 0 aromatic carbocycles. The van der Waals surface area contributed by atoms with Crippen molar-refractivity contribution < 1.29 is 24.9 Å². The Labute approximate surface area is 207 Å². The van der Waals surface area contributed by atoms with Crippen LogP contribution >= 0.6 is 0 Å². The molecule has 11 atom stereocenters. The molecule has 4 aliphatic carbocycles. The Kier molecular flexibility index (Phi) is 8.06. The van der Waals surface area contributed by atoms with Crippen molar-refractivity contribution >= 4 is 5.97 Å². The van der Waals surface area contributed by atoms with E-state index in [0.29, 0.717) is 60.9 Å². The fourth-order valence-corrected chi connectivity index (χ4v) is 9.79. The Bertz CT molecular complexity index is 711. The molecule has 34 heavy (non-hydrogen) atoms. The highest BCUT2D eigenvalue weighted by atomic mass is 16.5. The van der Waals surface area contributed by atoms with E-state index < -0.39 is 0 Å². The molecule has 0 aromatic heterocycles. The molecule has 4 rings (SSSR count). The van der Waals surface area contributed by atoms with Crippen LogP contribution in [0.2, 0.25) is 0 Å². The van der Waals surface area contributed by atoms with E-state index in [1.54, 1.807) is 0 Å². The molecule has 0 saturated heterocycles. The molecule has 0 amide bonds. The van der Waals surface area contributed by atoms with Crippen LogP contribution in [0.1, 0.15) is 98.3 Å². The number of rotatable bonds is 8. The van der Waals surface area contributed by atoms with Crippen LogP contribution in [0.5, 0.6) is 0 Å². The number of esters is 1. The number of aliphatic hydroxyl groups excluding tert-OH is 3. The lowest BCUT2D eigenvalue weighted by Crippen LogP contribution is -2.62. The van der Waals surface area contributed by atoms with Gasteiger partial charge >= 0.3 is 5.97 Å². The molecule has 0 bridgehead atoms. The Hall–Kier alpha value is -0.650. The van der Waals surface area contributed by atoms with Crippen molar-refractivity contribution in [3.63, 3.8) is 0 Å². The zero-order valence-corrected chi connectivity index (χ0v) is 22.0. The normalized spacial score (nSPS) is 46.8. The van der Waals surface area contributed by atoms with Crippen LogP contribution in [0.4, 0.5) is 0 Å². The number of hydrogen-bond acceptors (Lipinski definition) is 5. The van der Waals surface area contributed by atoms with Crippen LogP contribution < -0.4 is 0 Å². The molecule has 0 unspecified atom stereocenters. The van der Waals surface area contributed by atoms with Gasteiger partial charge in [0.25, 0.3) is 0 Å². The van der Waals surface area contributed by atoms with E-state index in [2.05, 4.69) is 27.7 Å². The summed E-state index contributed by atoms with van der Waals surface area (Å²) >= 11 is 0. The molecule has 196 valence electrons. The number of ether oxygens (including phenoxy) is 1. The van der Waals surface area contributed by atoms with E-state index in [4.69, 9.17) is 9.84 Å². The van der Waals surface area contributed by atoms with Crippen LogP contribution in [0.3, 0.4) is 0 Å². The number of hydrogen-bond donors (Lipinski definition) is 3. The van der Waals surface area contributed by atoms with Gasteiger partial charge < -0.3 is 20.1 Å². The van der Waals surface area contributed by atoms with E-state index in [1.165, 1.54) is 25.7 Å². The molecule has 0 radical (unpaired) electrons. The maximum absolute atomic E-state index is 11.8. The zero-order valence-electron chi connectivity index (χ0n) is 22.0. The van der Waals surface area contributed by atoms with Gasteiger partial charge in [-0.1, -0.05) is 34.1 Å². The molecule has 3 N–H and O–H groups in total. The first-order valence-electron chi connectivity index (χ1n) is 14.3. The quantitative estimate of drug-likeness (QED) is 0.430. The van der Waals surface area contributed by atoms with Crippen molar-refractivity contribution in [2.75, 3.05) is 13.2 Å². The predicted molar refractivity (Wildman–Crippen MR) is 133 cm³/mol. The van der Waals surface area contributed by atoms with Crippen LogP contribution in [0.15, 0.2) is 0 Å². The molecule has 0 aliphatic heterocycles. The minimum absolute atomic E-state index is 0.0284. The van der Waals surface area contributed by atoms with Gasteiger partial charge in [0.05, 0.1) is 18.8 Å². The lowest BCUT2D eigenvalue weighted by molar-refractivity contribution is -0.203. The minimum atomic E-state index is -0.246. The van der Waals surface area contributed by atoms with E-state index in [1.807, 2.05) is 0 Å². The minimum Gasteiger partial charge on any atom is -0.466 e. The maximum Gasteiger partial charge on any atom is 0.305 e. The van der Waals surface area contributed by atoms with Crippen molar-refractivity contribution in [2.24, 2.45) is 52.3 Å². The monoisotopic (exact) mass is 478 g/mol. The van der Waals surface area contributed by atoms with Crippen molar-refractivity contribution in [2.45, 2.75) is 111 Å². The highest BCUT2D eigenvalue weighted by Crippen LogP contribution is 2.69. The predicted octanol–water partition coefficient (Wildman–Crippen LogP) is 4.96. The molecule has 5 heteroatoms. The first-order valence-corrected chi connectivity index (χ1v) is 14.3. The SMILES string of the molecule is CC[C@H]1[C@@H](O)[C@@H]2[C@H](CC[C@]3(C)[C@@H]([C@H](C)CCOC(=O)CCCO)CC[C@@H]23)[C@@]2(C)CC[C@@H](O)C[C@@H]12. The number of carbonyl (C=O) groups is 1. The molecular weight excluding hydrogens is 428 g/mol.